The third-order valence-corrected chi connectivity index (χ3v) is 4.35. The Morgan fingerprint density at radius 1 is 0.893 bits per heavy atom. The molecule has 5 heteroatoms. The molecule has 3 aromatic carbocycles. The third-order valence-electron chi connectivity index (χ3n) is 4.35. The van der Waals surface area contributed by atoms with E-state index in [-0.39, 0.29) is 12.0 Å². The molecule has 0 aliphatic carbocycles. The number of hydrogen-bond acceptors (Lipinski definition) is 4. The number of rotatable bonds is 7. The quantitative estimate of drug-likeness (QED) is 0.653. The highest BCUT2D eigenvalue weighted by Crippen LogP contribution is 2.29. The van der Waals surface area contributed by atoms with E-state index in [1.807, 2.05) is 44.2 Å². The Morgan fingerprint density at radius 3 is 2.36 bits per heavy atom. The summed E-state index contributed by atoms with van der Waals surface area (Å²) in [5.74, 6) is 1.83. The van der Waals surface area contributed by atoms with Gasteiger partial charge in [-0.3, -0.25) is 4.79 Å². The van der Waals surface area contributed by atoms with E-state index in [0.29, 0.717) is 23.6 Å². The molecule has 146 valence electrons. The van der Waals surface area contributed by atoms with Gasteiger partial charge in [0.2, 0.25) is 0 Å². The highest BCUT2D eigenvalue weighted by atomic mass is 16.5. The van der Waals surface area contributed by atoms with Crippen LogP contribution in [0.2, 0.25) is 0 Å². The Balaban J connectivity index is 1.70. The molecule has 1 N–H and O–H groups in total. The molecule has 3 rings (SSSR count). The fourth-order valence-corrected chi connectivity index (χ4v) is 2.95. The number of amides is 1. The number of nitrogens with one attached hydrogen (secondary N) is 1. The summed E-state index contributed by atoms with van der Waals surface area (Å²) in [6, 6.07) is 17.2. The van der Waals surface area contributed by atoms with Gasteiger partial charge in [0.05, 0.1) is 20.3 Å². The second-order valence-electron chi connectivity index (χ2n) is 6.76. The van der Waals surface area contributed by atoms with Crippen molar-refractivity contribution in [3.8, 4) is 17.2 Å². The Morgan fingerprint density at radius 2 is 1.64 bits per heavy atom. The summed E-state index contributed by atoms with van der Waals surface area (Å²) in [7, 11) is 3.22. The number of carbonyl (C=O) groups is 1. The Bertz CT molecular complexity index is 981. The molecule has 28 heavy (non-hydrogen) atoms. The number of fused-ring (bicyclic) bond motifs is 1. The molecule has 0 saturated carbocycles. The largest absolute Gasteiger partial charge is 0.497 e. The Labute approximate surface area is 165 Å². The summed E-state index contributed by atoms with van der Waals surface area (Å²) in [5.41, 5.74) is 1.55. The van der Waals surface area contributed by atoms with Gasteiger partial charge in [-0.05, 0) is 66.6 Å². The Hall–Kier alpha value is -3.21. The lowest BCUT2D eigenvalue weighted by Crippen LogP contribution is -2.22. The highest BCUT2D eigenvalue weighted by Gasteiger charge is 2.12. The smallest absolute Gasteiger partial charge is 0.251 e. The zero-order valence-electron chi connectivity index (χ0n) is 16.6. The van der Waals surface area contributed by atoms with Crippen molar-refractivity contribution in [2.24, 2.45) is 0 Å². The van der Waals surface area contributed by atoms with Crippen LogP contribution in [0.15, 0.2) is 54.6 Å². The molecule has 0 aliphatic heterocycles. The van der Waals surface area contributed by atoms with Crippen LogP contribution in [-0.4, -0.2) is 26.2 Å². The molecule has 0 aliphatic rings. The van der Waals surface area contributed by atoms with Crippen LogP contribution in [-0.2, 0) is 6.54 Å². The van der Waals surface area contributed by atoms with E-state index in [4.69, 9.17) is 14.2 Å². The third kappa shape index (κ3) is 4.55. The normalized spacial score (nSPS) is 10.8. The van der Waals surface area contributed by atoms with Gasteiger partial charge in [0.1, 0.15) is 5.75 Å². The average Bonchev–Trinajstić information content (AvgIpc) is 2.71. The van der Waals surface area contributed by atoms with Gasteiger partial charge in [0.25, 0.3) is 5.91 Å². The summed E-state index contributed by atoms with van der Waals surface area (Å²) in [5, 5.41) is 5.15. The van der Waals surface area contributed by atoms with Crippen molar-refractivity contribution in [3.63, 3.8) is 0 Å². The minimum atomic E-state index is -0.163. The van der Waals surface area contributed by atoms with Crippen molar-refractivity contribution < 1.29 is 19.0 Å². The summed E-state index contributed by atoms with van der Waals surface area (Å²) >= 11 is 0. The molecule has 0 unspecified atom stereocenters. The van der Waals surface area contributed by atoms with Crippen LogP contribution in [0.25, 0.3) is 10.8 Å². The molecule has 0 heterocycles. The van der Waals surface area contributed by atoms with Crippen molar-refractivity contribution in [2.45, 2.75) is 26.5 Å². The molecule has 0 saturated heterocycles. The number of benzene rings is 3. The molecule has 1 amide bonds. The van der Waals surface area contributed by atoms with E-state index < -0.39 is 0 Å². The first-order chi connectivity index (χ1) is 13.5. The van der Waals surface area contributed by atoms with E-state index in [0.717, 1.165) is 22.1 Å². The van der Waals surface area contributed by atoms with Gasteiger partial charge in [-0.15, -0.1) is 0 Å². The minimum Gasteiger partial charge on any atom is -0.497 e. The first-order valence-corrected chi connectivity index (χ1v) is 9.19. The molecule has 0 aromatic heterocycles. The van der Waals surface area contributed by atoms with E-state index in [9.17, 15) is 4.79 Å². The second kappa shape index (κ2) is 8.65. The maximum atomic E-state index is 12.5. The fourth-order valence-electron chi connectivity index (χ4n) is 2.95. The first kappa shape index (κ1) is 19.5. The molecule has 0 spiro atoms. The van der Waals surface area contributed by atoms with Gasteiger partial charge in [0.15, 0.2) is 11.5 Å². The molecule has 0 fully saturated rings. The van der Waals surface area contributed by atoms with Crippen molar-refractivity contribution in [2.75, 3.05) is 14.2 Å². The lowest BCUT2D eigenvalue weighted by Gasteiger charge is -2.14. The van der Waals surface area contributed by atoms with Gasteiger partial charge in [-0.25, -0.2) is 0 Å². The molecule has 0 atom stereocenters. The minimum absolute atomic E-state index is 0.0291. The number of ether oxygens (including phenoxy) is 3. The molecule has 3 aromatic rings. The monoisotopic (exact) mass is 379 g/mol. The average molecular weight is 379 g/mol. The van der Waals surface area contributed by atoms with Crippen LogP contribution in [0.1, 0.15) is 29.8 Å². The highest BCUT2D eigenvalue weighted by molar-refractivity contribution is 5.95. The Kier molecular flexibility index (Phi) is 6.04. The predicted octanol–water partition coefficient (Wildman–Crippen LogP) is 4.57. The van der Waals surface area contributed by atoms with Crippen LogP contribution in [0, 0.1) is 0 Å². The maximum absolute atomic E-state index is 12.5. The lowest BCUT2D eigenvalue weighted by atomic mass is 10.1. The fraction of sp³-hybridized carbons (Fsp3) is 0.261. The number of methoxy groups -OCH3 is 2. The predicted molar refractivity (Wildman–Crippen MR) is 110 cm³/mol. The lowest BCUT2D eigenvalue weighted by molar-refractivity contribution is 0.0950. The summed E-state index contributed by atoms with van der Waals surface area (Å²) < 4.78 is 16.3. The molecular formula is C23H25NO4. The zero-order chi connectivity index (χ0) is 20.1. The van der Waals surface area contributed by atoms with Crippen LogP contribution in [0.3, 0.4) is 0 Å². The molecule has 5 nitrogen and oxygen atoms in total. The van der Waals surface area contributed by atoms with Crippen molar-refractivity contribution in [1.82, 2.24) is 5.32 Å². The number of carbonyl (C=O) groups excluding carboxylic acids is 1. The summed E-state index contributed by atoms with van der Waals surface area (Å²) in [4.78, 5) is 12.5. The van der Waals surface area contributed by atoms with Crippen molar-refractivity contribution in [1.29, 1.82) is 0 Å². The van der Waals surface area contributed by atoms with E-state index in [2.05, 4.69) is 11.4 Å². The van der Waals surface area contributed by atoms with Crippen molar-refractivity contribution >= 4 is 16.7 Å². The topological polar surface area (TPSA) is 56.8 Å². The van der Waals surface area contributed by atoms with Crippen LogP contribution in [0.4, 0.5) is 0 Å². The second-order valence-corrected chi connectivity index (χ2v) is 6.76. The van der Waals surface area contributed by atoms with E-state index in [1.54, 1.807) is 32.4 Å². The molecule has 0 bridgehead atoms. The van der Waals surface area contributed by atoms with Gasteiger partial charge in [-0.1, -0.05) is 18.2 Å². The SMILES string of the molecule is COc1ccc2cc(CNC(=O)c3ccc(OC(C)C)c(OC)c3)ccc2c1. The van der Waals surface area contributed by atoms with Gasteiger partial charge < -0.3 is 19.5 Å². The van der Waals surface area contributed by atoms with Crippen LogP contribution < -0.4 is 19.5 Å². The molecule has 0 radical (unpaired) electrons. The van der Waals surface area contributed by atoms with Crippen LogP contribution in [0.5, 0.6) is 17.2 Å². The van der Waals surface area contributed by atoms with E-state index in [1.165, 1.54) is 0 Å². The number of hydrogen-bond donors (Lipinski definition) is 1. The summed E-state index contributed by atoms with van der Waals surface area (Å²) in [6.45, 7) is 4.33. The standard InChI is InChI=1S/C23H25NO4/c1-15(2)28-21-10-8-19(13-22(21)27-4)23(25)24-14-16-5-6-18-12-20(26-3)9-7-17(18)11-16/h5-13,15H,14H2,1-4H3,(H,24,25). The molecular weight excluding hydrogens is 354 g/mol. The van der Waals surface area contributed by atoms with Gasteiger partial charge >= 0.3 is 0 Å². The van der Waals surface area contributed by atoms with E-state index >= 15 is 0 Å². The van der Waals surface area contributed by atoms with Gasteiger partial charge in [-0.2, -0.15) is 0 Å². The first-order valence-electron chi connectivity index (χ1n) is 9.19. The van der Waals surface area contributed by atoms with Crippen molar-refractivity contribution in [3.05, 3.63) is 65.7 Å². The van der Waals surface area contributed by atoms with Gasteiger partial charge in [0, 0.05) is 12.1 Å². The summed E-state index contributed by atoms with van der Waals surface area (Å²) in [6.07, 6.45) is 0.0291. The zero-order valence-corrected chi connectivity index (χ0v) is 16.6. The van der Waals surface area contributed by atoms with Crippen LogP contribution >= 0.6 is 0 Å². The maximum Gasteiger partial charge on any atom is 0.251 e.